The van der Waals surface area contributed by atoms with Crippen LogP contribution in [0.5, 0.6) is 11.5 Å². The number of hydrogen-bond acceptors (Lipinski definition) is 6. The van der Waals surface area contributed by atoms with Gasteiger partial charge in [0, 0.05) is 5.69 Å². The van der Waals surface area contributed by atoms with Gasteiger partial charge in [0.25, 0.3) is 11.1 Å². The Morgan fingerprint density at radius 2 is 2.00 bits per heavy atom. The number of carbonyl (C=O) groups is 3. The third kappa shape index (κ3) is 5.80. The number of hydrogen-bond donors (Lipinski definition) is 1. The molecular weight excluding hydrogens is 531 g/mol. The average Bonchev–Trinajstić information content (AvgIpc) is 3.01. The molecule has 2 aromatic rings. The van der Waals surface area contributed by atoms with Crippen LogP contribution in [-0.4, -0.2) is 42.2 Å². The first-order chi connectivity index (χ1) is 14.9. The summed E-state index contributed by atoms with van der Waals surface area (Å²) in [7, 11) is 1.54. The molecule has 1 aliphatic heterocycles. The Labute approximate surface area is 197 Å². The number of rotatable bonds is 7. The number of carbonyl (C=O) groups excluding carboxylic acids is 3. The van der Waals surface area contributed by atoms with Gasteiger partial charge in [0.1, 0.15) is 24.7 Å². The molecule has 0 unspecified atom stereocenters. The van der Waals surface area contributed by atoms with E-state index < -0.39 is 17.1 Å². The van der Waals surface area contributed by atoms with Gasteiger partial charge in [-0.3, -0.25) is 19.3 Å². The summed E-state index contributed by atoms with van der Waals surface area (Å²) < 4.78 is 11.3. The highest BCUT2D eigenvalue weighted by molar-refractivity contribution is 14.1. The molecule has 0 spiro atoms. The molecule has 1 heterocycles. The molecule has 2 aromatic carbocycles. The number of terminal acetylenes is 1. The molecule has 1 N–H and O–H groups in total. The lowest BCUT2D eigenvalue weighted by molar-refractivity contribution is -0.127. The van der Waals surface area contributed by atoms with E-state index in [1.807, 2.05) is 6.07 Å². The maximum absolute atomic E-state index is 12.7. The highest BCUT2D eigenvalue weighted by atomic mass is 127. The van der Waals surface area contributed by atoms with Crippen molar-refractivity contribution in [1.82, 2.24) is 4.90 Å². The standard InChI is InChI=1S/C22H17IN2O5S/c1-3-10-30-18-9-4-14(11-17(18)23)12-19-21(27)25(22(28)31-19)13-20(26)24-15-5-7-16(29-2)8-6-15/h1,4-9,11-12H,10,13H2,2H3,(H,24,26)/b19-12+. The normalized spacial score (nSPS) is 14.5. The number of amides is 3. The first-order valence-corrected chi connectivity index (χ1v) is 10.9. The minimum atomic E-state index is -0.512. The molecule has 3 rings (SSSR count). The molecule has 9 heteroatoms. The van der Waals surface area contributed by atoms with Crippen LogP contribution in [0.3, 0.4) is 0 Å². The predicted molar refractivity (Wildman–Crippen MR) is 128 cm³/mol. The summed E-state index contributed by atoms with van der Waals surface area (Å²) in [6, 6.07) is 12.1. The molecule has 0 saturated carbocycles. The van der Waals surface area contributed by atoms with Gasteiger partial charge in [-0.2, -0.15) is 0 Å². The zero-order chi connectivity index (χ0) is 22.4. The van der Waals surface area contributed by atoms with Crippen LogP contribution >= 0.6 is 34.4 Å². The SMILES string of the molecule is C#CCOc1ccc(/C=C2/SC(=O)N(CC(=O)Nc3ccc(OC)cc3)C2=O)cc1I. The van der Waals surface area contributed by atoms with Gasteiger partial charge in [0.15, 0.2) is 0 Å². The summed E-state index contributed by atoms with van der Waals surface area (Å²) in [4.78, 5) is 38.4. The third-order valence-corrected chi connectivity index (χ3v) is 5.86. The van der Waals surface area contributed by atoms with Crippen molar-refractivity contribution in [1.29, 1.82) is 0 Å². The lowest BCUT2D eigenvalue weighted by Gasteiger charge is -2.12. The molecule has 1 fully saturated rings. The molecule has 3 amide bonds. The fraction of sp³-hybridized carbons (Fsp3) is 0.136. The van der Waals surface area contributed by atoms with Gasteiger partial charge in [0.05, 0.1) is 15.6 Å². The first-order valence-electron chi connectivity index (χ1n) is 8.96. The Balaban J connectivity index is 1.66. The molecule has 0 aromatic heterocycles. The molecule has 31 heavy (non-hydrogen) atoms. The molecule has 0 radical (unpaired) electrons. The number of methoxy groups -OCH3 is 1. The number of benzene rings is 2. The van der Waals surface area contributed by atoms with Crippen molar-refractivity contribution >= 4 is 63.2 Å². The third-order valence-electron chi connectivity index (χ3n) is 4.11. The molecule has 1 saturated heterocycles. The first kappa shape index (κ1) is 22.7. The Kier molecular flexibility index (Phi) is 7.59. The lowest BCUT2D eigenvalue weighted by Crippen LogP contribution is -2.36. The molecule has 158 valence electrons. The number of nitrogens with zero attached hydrogens (tertiary/aromatic N) is 1. The number of anilines is 1. The van der Waals surface area contributed by atoms with Crippen LogP contribution < -0.4 is 14.8 Å². The summed E-state index contributed by atoms with van der Waals surface area (Å²) in [6.07, 6.45) is 6.81. The number of nitrogens with one attached hydrogen (secondary N) is 1. The molecule has 0 aliphatic carbocycles. The van der Waals surface area contributed by atoms with E-state index >= 15 is 0 Å². The van der Waals surface area contributed by atoms with Crippen LogP contribution in [-0.2, 0) is 9.59 Å². The van der Waals surface area contributed by atoms with Gasteiger partial charge >= 0.3 is 0 Å². The van der Waals surface area contributed by atoms with E-state index in [-0.39, 0.29) is 18.1 Å². The second-order valence-electron chi connectivity index (χ2n) is 6.23. The zero-order valence-corrected chi connectivity index (χ0v) is 19.4. The number of halogens is 1. The van der Waals surface area contributed by atoms with Gasteiger partial charge in [-0.05, 0) is 82.4 Å². The van der Waals surface area contributed by atoms with E-state index in [0.717, 1.165) is 25.8 Å². The van der Waals surface area contributed by atoms with Gasteiger partial charge in [-0.25, -0.2) is 0 Å². The Bertz CT molecular complexity index is 1090. The average molecular weight is 548 g/mol. The van der Waals surface area contributed by atoms with Gasteiger partial charge in [-0.1, -0.05) is 12.0 Å². The van der Waals surface area contributed by atoms with Crippen LogP contribution in [0.25, 0.3) is 6.08 Å². The second kappa shape index (κ2) is 10.4. The monoisotopic (exact) mass is 548 g/mol. The largest absolute Gasteiger partial charge is 0.497 e. The second-order valence-corrected chi connectivity index (χ2v) is 8.38. The van der Waals surface area contributed by atoms with Crippen molar-refractivity contribution in [2.45, 2.75) is 0 Å². The summed E-state index contributed by atoms with van der Waals surface area (Å²) in [5, 5.41) is 2.16. The molecule has 0 bridgehead atoms. The van der Waals surface area contributed by atoms with Gasteiger partial charge in [-0.15, -0.1) is 6.42 Å². The number of thioether (sulfide) groups is 1. The van der Waals surface area contributed by atoms with Crippen LogP contribution in [0, 0.1) is 15.9 Å². The summed E-state index contributed by atoms with van der Waals surface area (Å²) in [5.74, 6) is 2.71. The van der Waals surface area contributed by atoms with E-state index in [2.05, 4.69) is 33.8 Å². The van der Waals surface area contributed by atoms with Crippen LogP contribution in [0.15, 0.2) is 47.4 Å². The lowest BCUT2D eigenvalue weighted by atomic mass is 10.2. The van der Waals surface area contributed by atoms with Gasteiger partial charge < -0.3 is 14.8 Å². The van der Waals surface area contributed by atoms with Crippen LogP contribution in [0.2, 0.25) is 0 Å². The molecule has 7 nitrogen and oxygen atoms in total. The van der Waals surface area contributed by atoms with Crippen molar-refractivity contribution < 1.29 is 23.9 Å². The van der Waals surface area contributed by atoms with Crippen molar-refractivity contribution in [2.75, 3.05) is 25.6 Å². The van der Waals surface area contributed by atoms with Crippen LogP contribution in [0.4, 0.5) is 10.5 Å². The topological polar surface area (TPSA) is 84.9 Å². The zero-order valence-electron chi connectivity index (χ0n) is 16.4. The fourth-order valence-corrected chi connectivity index (χ4v) is 4.18. The smallest absolute Gasteiger partial charge is 0.294 e. The number of imide groups is 1. The van der Waals surface area contributed by atoms with Crippen molar-refractivity contribution in [2.24, 2.45) is 0 Å². The summed E-state index contributed by atoms with van der Waals surface area (Å²) >= 11 is 2.90. The quantitative estimate of drug-likeness (QED) is 0.320. The summed E-state index contributed by atoms with van der Waals surface area (Å²) in [5.41, 5.74) is 1.26. The van der Waals surface area contributed by atoms with E-state index in [9.17, 15) is 14.4 Å². The molecule has 0 atom stereocenters. The Morgan fingerprint density at radius 1 is 1.26 bits per heavy atom. The highest BCUT2D eigenvalue weighted by Gasteiger charge is 2.36. The fourth-order valence-electron chi connectivity index (χ4n) is 2.65. The molecular formula is C22H17IN2O5S. The van der Waals surface area contributed by atoms with Crippen molar-refractivity contribution in [3.8, 4) is 23.8 Å². The van der Waals surface area contributed by atoms with E-state index in [1.165, 1.54) is 0 Å². The Hall–Kier alpha value is -2.97. The summed E-state index contributed by atoms with van der Waals surface area (Å²) in [6.45, 7) is -0.211. The maximum atomic E-state index is 12.7. The minimum Gasteiger partial charge on any atom is -0.497 e. The number of ether oxygens (including phenoxy) is 2. The van der Waals surface area contributed by atoms with E-state index in [0.29, 0.717) is 17.2 Å². The van der Waals surface area contributed by atoms with E-state index in [1.54, 1.807) is 49.6 Å². The van der Waals surface area contributed by atoms with Crippen molar-refractivity contribution in [3.05, 3.63) is 56.5 Å². The minimum absolute atomic E-state index is 0.160. The van der Waals surface area contributed by atoms with Gasteiger partial charge in [0.2, 0.25) is 5.91 Å². The maximum Gasteiger partial charge on any atom is 0.294 e. The molecule has 1 aliphatic rings. The predicted octanol–water partition coefficient (Wildman–Crippen LogP) is 3.99. The van der Waals surface area contributed by atoms with E-state index in [4.69, 9.17) is 15.9 Å². The Morgan fingerprint density at radius 3 is 2.65 bits per heavy atom. The van der Waals surface area contributed by atoms with Crippen molar-refractivity contribution in [3.63, 3.8) is 0 Å². The highest BCUT2D eigenvalue weighted by Crippen LogP contribution is 2.33. The van der Waals surface area contributed by atoms with Crippen LogP contribution in [0.1, 0.15) is 5.56 Å².